The zero-order chi connectivity index (χ0) is 30.1. The van der Waals surface area contributed by atoms with Gasteiger partial charge in [-0.2, -0.15) is 15.3 Å². The predicted molar refractivity (Wildman–Crippen MR) is 171 cm³/mol. The molecule has 0 radical (unpaired) electrons. The van der Waals surface area contributed by atoms with E-state index >= 15 is 0 Å². The predicted octanol–water partition coefficient (Wildman–Crippen LogP) is 4.79. The van der Waals surface area contributed by atoms with Crippen molar-refractivity contribution in [2.45, 2.75) is 72.4 Å². The highest BCUT2D eigenvalue weighted by Crippen LogP contribution is 2.37. The largest absolute Gasteiger partial charge is 0.473 e. The summed E-state index contributed by atoms with van der Waals surface area (Å²) in [7, 11) is 3.97. The van der Waals surface area contributed by atoms with Gasteiger partial charge in [0, 0.05) is 32.1 Å². The maximum atomic E-state index is 9.48. The summed E-state index contributed by atoms with van der Waals surface area (Å²) in [5.74, 6) is 0.679. The number of nitrogens with zero attached hydrogens (tertiary/aromatic N) is 8. The molecule has 2 atom stereocenters. The molecule has 1 aliphatic heterocycles. The third-order valence-electron chi connectivity index (χ3n) is 7.70. The molecular weight excluding hydrogens is 647 g/mol. The van der Waals surface area contributed by atoms with Gasteiger partial charge in [-0.15, -0.1) is 0 Å². The molecule has 4 aromatic rings. The van der Waals surface area contributed by atoms with E-state index in [9.17, 15) is 5.11 Å². The van der Waals surface area contributed by atoms with Gasteiger partial charge in [-0.05, 0) is 88.7 Å². The number of rotatable bonds is 11. The molecule has 1 saturated heterocycles. The molecule has 0 spiro atoms. The normalized spacial score (nSPS) is 16.5. The lowest BCUT2D eigenvalue weighted by atomic mass is 10.1. The summed E-state index contributed by atoms with van der Waals surface area (Å²) in [5, 5.41) is 24.6. The topological polar surface area (TPSA) is 108 Å². The molecule has 1 N–H and O–H groups in total. The summed E-state index contributed by atoms with van der Waals surface area (Å²) in [6, 6.07) is 2.08. The number of hydrogen-bond donors (Lipinski definition) is 1. The van der Waals surface area contributed by atoms with Crippen molar-refractivity contribution in [1.82, 2.24) is 39.2 Å². The molecule has 12 heteroatoms. The molecule has 1 unspecified atom stereocenters. The lowest BCUT2D eigenvalue weighted by Crippen LogP contribution is -2.32. The number of aliphatic hydroxyl groups is 1. The quantitative estimate of drug-likeness (QED) is 0.224. The third-order valence-corrected chi connectivity index (χ3v) is 9.10. The van der Waals surface area contributed by atoms with Crippen LogP contribution in [0.15, 0.2) is 12.6 Å². The van der Waals surface area contributed by atoms with Gasteiger partial charge < -0.3 is 14.6 Å². The molecule has 5 rings (SSSR count). The maximum absolute atomic E-state index is 9.48. The summed E-state index contributed by atoms with van der Waals surface area (Å²) in [6.45, 7) is 14.8. The molecule has 42 heavy (non-hydrogen) atoms. The molecule has 0 aromatic carbocycles. The molecule has 0 aliphatic carbocycles. The Hall–Kier alpha value is -2.81. The van der Waals surface area contributed by atoms with Gasteiger partial charge in [0.15, 0.2) is 6.23 Å². The van der Waals surface area contributed by atoms with Gasteiger partial charge >= 0.3 is 0 Å². The van der Waals surface area contributed by atoms with Crippen LogP contribution in [0.3, 0.4) is 0 Å². The van der Waals surface area contributed by atoms with E-state index in [2.05, 4.69) is 59.2 Å². The van der Waals surface area contributed by atoms with Crippen LogP contribution in [-0.2, 0) is 24.9 Å². The summed E-state index contributed by atoms with van der Waals surface area (Å²) in [4.78, 5) is 7.26. The Bertz CT molecular complexity index is 1580. The van der Waals surface area contributed by atoms with E-state index < -0.39 is 0 Å². The second kappa shape index (κ2) is 12.8. The van der Waals surface area contributed by atoms with Gasteiger partial charge in [-0.3, -0.25) is 14.6 Å². The van der Waals surface area contributed by atoms with Crippen molar-refractivity contribution in [2.75, 3.05) is 26.8 Å². The Morgan fingerprint density at radius 2 is 2.00 bits per heavy atom. The van der Waals surface area contributed by atoms with Crippen LogP contribution >= 0.6 is 22.6 Å². The van der Waals surface area contributed by atoms with Crippen molar-refractivity contribution in [3.63, 3.8) is 0 Å². The van der Waals surface area contributed by atoms with Crippen LogP contribution in [0.4, 0.5) is 0 Å². The first kappa shape index (κ1) is 30.6. The van der Waals surface area contributed by atoms with Crippen LogP contribution < -0.4 is 4.74 Å². The Balaban J connectivity index is 1.41. The molecule has 1 aliphatic rings. The van der Waals surface area contributed by atoms with E-state index in [-0.39, 0.29) is 18.9 Å². The van der Waals surface area contributed by atoms with Crippen molar-refractivity contribution >= 4 is 39.6 Å². The first-order chi connectivity index (χ1) is 20.1. The number of halogens is 1. The highest BCUT2D eigenvalue weighted by molar-refractivity contribution is 14.1. The number of pyridine rings is 1. The van der Waals surface area contributed by atoms with E-state index in [1.54, 1.807) is 10.8 Å². The number of ether oxygens (including phenoxy) is 2. The molecule has 0 bridgehead atoms. The second-order valence-corrected chi connectivity index (χ2v) is 12.2. The van der Waals surface area contributed by atoms with Crippen LogP contribution in [0.1, 0.15) is 60.9 Å². The number of aliphatic hydroxyl groups excluding tert-OH is 1. The minimum Gasteiger partial charge on any atom is -0.473 e. The van der Waals surface area contributed by atoms with E-state index in [0.717, 1.165) is 80.1 Å². The molecule has 226 valence electrons. The fourth-order valence-electron chi connectivity index (χ4n) is 5.87. The van der Waals surface area contributed by atoms with Crippen molar-refractivity contribution in [3.8, 4) is 17.1 Å². The minimum atomic E-state index is -0.128. The number of aromatic nitrogens is 7. The van der Waals surface area contributed by atoms with Gasteiger partial charge in [0.1, 0.15) is 6.10 Å². The average Bonchev–Trinajstić information content (AvgIpc) is 3.56. The van der Waals surface area contributed by atoms with Gasteiger partial charge in [-0.25, -0.2) is 9.36 Å². The maximum Gasteiger partial charge on any atom is 0.221 e. The summed E-state index contributed by atoms with van der Waals surface area (Å²) in [5.41, 5.74) is 7.26. The van der Waals surface area contributed by atoms with Gasteiger partial charge in [0.25, 0.3) is 0 Å². The number of fused-ring (bicyclic) bond motifs is 1. The van der Waals surface area contributed by atoms with Crippen LogP contribution in [0.2, 0.25) is 0 Å². The molecule has 4 aromatic heterocycles. The van der Waals surface area contributed by atoms with E-state index in [0.29, 0.717) is 25.5 Å². The number of hydrogen-bond acceptors (Lipinski definition) is 8. The molecule has 1 fully saturated rings. The Kier molecular flexibility index (Phi) is 9.35. The van der Waals surface area contributed by atoms with Crippen LogP contribution in [-0.4, -0.2) is 77.2 Å². The highest BCUT2D eigenvalue weighted by Gasteiger charge is 2.26. The summed E-state index contributed by atoms with van der Waals surface area (Å²) < 4.78 is 19.4. The van der Waals surface area contributed by atoms with E-state index in [1.807, 2.05) is 37.2 Å². The van der Waals surface area contributed by atoms with Crippen molar-refractivity contribution in [2.24, 2.45) is 7.05 Å². The first-order valence-corrected chi connectivity index (χ1v) is 15.6. The lowest BCUT2D eigenvalue weighted by Gasteiger charge is -2.24. The summed E-state index contributed by atoms with van der Waals surface area (Å²) in [6.07, 6.45) is 4.71. The Morgan fingerprint density at radius 1 is 1.21 bits per heavy atom. The van der Waals surface area contributed by atoms with E-state index in [1.165, 1.54) is 0 Å². The van der Waals surface area contributed by atoms with Gasteiger partial charge in [0.2, 0.25) is 5.88 Å². The minimum absolute atomic E-state index is 0.0544. The Labute approximate surface area is 260 Å². The van der Waals surface area contributed by atoms with Crippen LogP contribution in [0.5, 0.6) is 5.88 Å². The fraction of sp³-hybridized carbons (Fsp3) is 0.533. The highest BCUT2D eigenvalue weighted by atomic mass is 127. The lowest BCUT2D eigenvalue weighted by molar-refractivity contribution is -0.0368. The molecule has 0 amide bonds. The SMILES string of the molecule is C=Cc1nn(C2CCCCO2)c2c(C)nc(-c3c(C)nn(C)c3O[C@@H](C)CN(C)Cc3c(I)c(C)nn3CCO)cc12. The second-order valence-electron chi connectivity index (χ2n) is 11.2. The number of likely N-dealkylation sites (N-methyl/N-ethyl adjacent to an activating group) is 1. The standard InChI is InChI=1S/C30H41IN8O3/c1-8-23-22-15-24(32-21(5)29(22)39(35-23)26-11-9-10-14-41-26)27-19(3)33-37(7)30(27)42-18(2)16-36(6)17-25-28(31)20(4)34-38(25)12-13-40/h8,15,18,26,40H,1,9-14,16-17H2,2-7H3/t18-,26?/m0/s1. The molecule has 0 saturated carbocycles. The fourth-order valence-corrected chi connectivity index (χ4v) is 6.42. The average molecular weight is 689 g/mol. The monoisotopic (exact) mass is 688 g/mol. The molecule has 5 heterocycles. The van der Waals surface area contributed by atoms with Crippen molar-refractivity contribution < 1.29 is 14.6 Å². The van der Waals surface area contributed by atoms with Crippen molar-refractivity contribution in [3.05, 3.63) is 44.7 Å². The van der Waals surface area contributed by atoms with E-state index in [4.69, 9.17) is 24.7 Å². The Morgan fingerprint density at radius 3 is 2.69 bits per heavy atom. The van der Waals surface area contributed by atoms with Crippen LogP contribution in [0.25, 0.3) is 28.2 Å². The summed E-state index contributed by atoms with van der Waals surface area (Å²) >= 11 is 2.34. The molecule has 11 nitrogen and oxygen atoms in total. The van der Waals surface area contributed by atoms with Crippen molar-refractivity contribution in [1.29, 1.82) is 0 Å². The van der Waals surface area contributed by atoms with Gasteiger partial charge in [-0.1, -0.05) is 6.58 Å². The first-order valence-electron chi connectivity index (χ1n) is 14.5. The number of aryl methyl sites for hydroxylation is 4. The zero-order valence-electron chi connectivity index (χ0n) is 25.4. The zero-order valence-corrected chi connectivity index (χ0v) is 27.6. The molecular formula is C30H41IN8O3. The third kappa shape index (κ3) is 5.99. The van der Waals surface area contributed by atoms with Crippen LogP contribution in [0, 0.1) is 24.3 Å². The smallest absolute Gasteiger partial charge is 0.221 e. The van der Waals surface area contributed by atoms with Gasteiger partial charge in [0.05, 0.1) is 62.0 Å².